The van der Waals surface area contributed by atoms with Crippen molar-refractivity contribution in [3.8, 4) is 5.75 Å². The highest BCUT2D eigenvalue weighted by atomic mass is 16.5. The molecule has 0 spiro atoms. The molecular weight excluding hydrogens is 238 g/mol. The summed E-state index contributed by atoms with van der Waals surface area (Å²) in [6.45, 7) is 4.25. The van der Waals surface area contributed by atoms with Gasteiger partial charge in [0.05, 0.1) is 18.8 Å². The maximum atomic E-state index is 5.85. The van der Waals surface area contributed by atoms with Crippen LogP contribution in [0.4, 0.5) is 0 Å². The molecule has 1 aliphatic rings. The Bertz CT molecular complexity index is 447. The zero-order valence-electron chi connectivity index (χ0n) is 12.7. The van der Waals surface area contributed by atoms with Gasteiger partial charge in [0.1, 0.15) is 5.75 Å². The van der Waals surface area contributed by atoms with Crippen LogP contribution in [0.2, 0.25) is 0 Å². The molecule has 0 radical (unpaired) electrons. The normalized spacial score (nSPS) is 18.8. The van der Waals surface area contributed by atoms with Gasteiger partial charge in [-0.15, -0.1) is 0 Å². The van der Waals surface area contributed by atoms with Crippen molar-refractivity contribution in [2.75, 3.05) is 21.3 Å². The molecule has 0 heterocycles. The third kappa shape index (κ3) is 2.37. The number of benzene rings is 1. The Balaban J connectivity index is 2.49. The highest BCUT2D eigenvalue weighted by Gasteiger charge is 2.46. The molecule has 3 nitrogen and oxygen atoms in total. The van der Waals surface area contributed by atoms with Gasteiger partial charge in [-0.05, 0) is 57.4 Å². The van der Waals surface area contributed by atoms with Crippen molar-refractivity contribution in [2.45, 2.75) is 44.8 Å². The molecule has 19 heavy (non-hydrogen) atoms. The number of hydrogen-bond donors (Lipinski definition) is 1. The quantitative estimate of drug-likeness (QED) is 0.885. The molecule has 0 aliphatic heterocycles. The van der Waals surface area contributed by atoms with Gasteiger partial charge in [0.2, 0.25) is 0 Å². The average Bonchev–Trinajstić information content (AvgIpc) is 2.34. The summed E-state index contributed by atoms with van der Waals surface area (Å²) in [4.78, 5) is 0. The van der Waals surface area contributed by atoms with Crippen LogP contribution in [0.5, 0.6) is 5.75 Å². The Morgan fingerprint density at radius 2 is 1.89 bits per heavy atom. The van der Waals surface area contributed by atoms with Crippen LogP contribution in [0, 0.1) is 13.8 Å². The number of methoxy groups -OCH3 is 2. The molecule has 1 atom stereocenters. The van der Waals surface area contributed by atoms with Gasteiger partial charge >= 0.3 is 0 Å². The van der Waals surface area contributed by atoms with E-state index in [4.69, 9.17) is 9.47 Å². The lowest BCUT2D eigenvalue weighted by atomic mass is 9.71. The minimum Gasteiger partial charge on any atom is -0.496 e. The summed E-state index contributed by atoms with van der Waals surface area (Å²) in [5.74, 6) is 0.958. The number of ether oxygens (including phenoxy) is 2. The molecule has 1 saturated carbocycles. The lowest BCUT2D eigenvalue weighted by molar-refractivity contribution is -0.0988. The second-order valence-electron chi connectivity index (χ2n) is 5.54. The van der Waals surface area contributed by atoms with Crippen molar-refractivity contribution < 1.29 is 9.47 Å². The monoisotopic (exact) mass is 263 g/mol. The van der Waals surface area contributed by atoms with Gasteiger partial charge < -0.3 is 14.8 Å². The molecule has 0 saturated heterocycles. The van der Waals surface area contributed by atoms with Crippen molar-refractivity contribution >= 4 is 0 Å². The molecule has 1 N–H and O–H groups in total. The van der Waals surface area contributed by atoms with Crippen molar-refractivity contribution in [1.29, 1.82) is 0 Å². The largest absolute Gasteiger partial charge is 0.496 e. The summed E-state index contributed by atoms with van der Waals surface area (Å²) >= 11 is 0. The second-order valence-corrected chi connectivity index (χ2v) is 5.54. The van der Waals surface area contributed by atoms with E-state index in [1.807, 2.05) is 14.2 Å². The molecule has 0 aromatic heterocycles. The number of rotatable bonds is 5. The smallest absolute Gasteiger partial charge is 0.124 e. The van der Waals surface area contributed by atoms with Gasteiger partial charge in [-0.25, -0.2) is 0 Å². The zero-order chi connectivity index (χ0) is 14.0. The summed E-state index contributed by atoms with van der Waals surface area (Å²) in [6, 6.07) is 4.50. The van der Waals surface area contributed by atoms with Gasteiger partial charge in [-0.1, -0.05) is 6.07 Å². The molecular formula is C16H25NO2. The summed E-state index contributed by atoms with van der Waals surface area (Å²) in [5.41, 5.74) is 3.65. The van der Waals surface area contributed by atoms with E-state index >= 15 is 0 Å². The fourth-order valence-electron chi connectivity index (χ4n) is 3.28. The summed E-state index contributed by atoms with van der Waals surface area (Å²) in [5, 5.41) is 3.44. The Morgan fingerprint density at radius 3 is 2.32 bits per heavy atom. The number of hydrogen-bond acceptors (Lipinski definition) is 3. The van der Waals surface area contributed by atoms with Gasteiger partial charge in [0.15, 0.2) is 0 Å². The van der Waals surface area contributed by atoms with Gasteiger partial charge in [0, 0.05) is 12.7 Å². The first-order chi connectivity index (χ1) is 9.07. The minimum absolute atomic E-state index is 0.0813. The van der Waals surface area contributed by atoms with Crippen LogP contribution in [-0.4, -0.2) is 26.9 Å². The number of likely N-dealkylation sites (N-methyl/N-ethyl adjacent to an activating group) is 1. The van der Waals surface area contributed by atoms with E-state index in [0.29, 0.717) is 0 Å². The van der Waals surface area contributed by atoms with E-state index in [2.05, 4.69) is 31.3 Å². The molecule has 0 amide bonds. The molecule has 1 unspecified atom stereocenters. The van der Waals surface area contributed by atoms with Crippen LogP contribution >= 0.6 is 0 Å². The highest BCUT2D eigenvalue weighted by Crippen LogP contribution is 2.47. The SMILES string of the molecule is CNC(c1c(C)cc(C)cc1OC)C1(OC)CCC1. The highest BCUT2D eigenvalue weighted by molar-refractivity contribution is 5.46. The molecule has 1 aliphatic carbocycles. The van der Waals surface area contributed by atoms with Gasteiger partial charge in [-0.2, -0.15) is 0 Å². The zero-order valence-corrected chi connectivity index (χ0v) is 12.7. The van der Waals surface area contributed by atoms with E-state index in [-0.39, 0.29) is 11.6 Å². The Kier molecular flexibility index (Phi) is 4.16. The van der Waals surface area contributed by atoms with Crippen molar-refractivity contribution in [2.24, 2.45) is 0 Å². The average molecular weight is 263 g/mol. The third-order valence-corrected chi connectivity index (χ3v) is 4.42. The third-order valence-electron chi connectivity index (χ3n) is 4.42. The molecule has 2 rings (SSSR count). The van der Waals surface area contributed by atoms with Crippen molar-refractivity contribution in [1.82, 2.24) is 5.32 Å². The van der Waals surface area contributed by atoms with Gasteiger partial charge in [0.25, 0.3) is 0 Å². The van der Waals surface area contributed by atoms with E-state index in [0.717, 1.165) is 18.6 Å². The van der Waals surface area contributed by atoms with Crippen LogP contribution < -0.4 is 10.1 Å². The summed E-state index contributed by atoms with van der Waals surface area (Å²) < 4.78 is 11.5. The lowest BCUT2D eigenvalue weighted by Crippen LogP contribution is -2.50. The first-order valence-corrected chi connectivity index (χ1v) is 6.95. The second kappa shape index (κ2) is 5.51. The first-order valence-electron chi connectivity index (χ1n) is 6.95. The maximum absolute atomic E-state index is 5.85. The Morgan fingerprint density at radius 1 is 1.21 bits per heavy atom. The molecule has 3 heteroatoms. The molecule has 106 valence electrons. The van der Waals surface area contributed by atoms with Crippen molar-refractivity contribution in [3.63, 3.8) is 0 Å². The maximum Gasteiger partial charge on any atom is 0.124 e. The van der Waals surface area contributed by atoms with Crippen LogP contribution in [0.1, 0.15) is 42.0 Å². The van der Waals surface area contributed by atoms with Crippen LogP contribution in [0.25, 0.3) is 0 Å². The fourth-order valence-corrected chi connectivity index (χ4v) is 3.28. The van der Waals surface area contributed by atoms with Gasteiger partial charge in [-0.3, -0.25) is 0 Å². The molecule has 1 aromatic carbocycles. The first kappa shape index (κ1) is 14.4. The molecule has 1 fully saturated rings. The minimum atomic E-state index is -0.0813. The number of aryl methyl sites for hydroxylation is 2. The predicted octanol–water partition coefficient (Wildman–Crippen LogP) is 3.14. The predicted molar refractivity (Wildman–Crippen MR) is 77.9 cm³/mol. The lowest BCUT2D eigenvalue weighted by Gasteiger charge is -2.47. The molecule has 1 aromatic rings. The van der Waals surface area contributed by atoms with E-state index in [1.165, 1.54) is 23.1 Å². The standard InChI is InChI=1S/C16H25NO2/c1-11-9-12(2)14(13(10-11)18-4)15(17-3)16(19-5)7-6-8-16/h9-10,15,17H,6-8H2,1-5H3. The van der Waals surface area contributed by atoms with Crippen molar-refractivity contribution in [3.05, 3.63) is 28.8 Å². The van der Waals surface area contributed by atoms with Crippen LogP contribution in [-0.2, 0) is 4.74 Å². The Hall–Kier alpha value is -1.06. The van der Waals surface area contributed by atoms with Crippen LogP contribution in [0.15, 0.2) is 12.1 Å². The van der Waals surface area contributed by atoms with Crippen LogP contribution in [0.3, 0.4) is 0 Å². The summed E-state index contributed by atoms with van der Waals surface area (Å²) in [6.07, 6.45) is 3.44. The Labute approximate surface area is 116 Å². The molecule has 0 bridgehead atoms. The fraction of sp³-hybridized carbons (Fsp3) is 0.625. The number of nitrogens with one attached hydrogen (secondary N) is 1. The van der Waals surface area contributed by atoms with E-state index in [9.17, 15) is 0 Å². The van der Waals surface area contributed by atoms with E-state index in [1.54, 1.807) is 7.11 Å². The summed E-state index contributed by atoms with van der Waals surface area (Å²) in [7, 11) is 5.56. The van der Waals surface area contributed by atoms with E-state index < -0.39 is 0 Å². The topological polar surface area (TPSA) is 30.5 Å².